The van der Waals surface area contributed by atoms with Crippen LogP contribution in [0.3, 0.4) is 0 Å². The number of hydrogen-bond acceptors (Lipinski definition) is 7. The predicted molar refractivity (Wildman–Crippen MR) is 145 cm³/mol. The molecule has 2 rings (SSSR count). The minimum atomic E-state index is -1.07. The molecule has 0 bridgehead atoms. The third-order valence-electron chi connectivity index (χ3n) is 6.89. The van der Waals surface area contributed by atoms with Crippen molar-refractivity contribution in [2.75, 3.05) is 13.7 Å². The highest BCUT2D eigenvalue weighted by Crippen LogP contribution is 2.17. The number of carbonyl (C=O) groups is 4. The molecule has 0 aliphatic carbocycles. The van der Waals surface area contributed by atoms with Crippen molar-refractivity contribution in [2.24, 2.45) is 11.8 Å². The van der Waals surface area contributed by atoms with Crippen LogP contribution in [-0.2, 0) is 30.3 Å². The van der Waals surface area contributed by atoms with Crippen LogP contribution in [0.5, 0.6) is 5.75 Å². The number of rotatable bonds is 14. The molecule has 5 atom stereocenters. The van der Waals surface area contributed by atoms with Gasteiger partial charge in [0, 0.05) is 20.1 Å². The molecule has 11 nitrogen and oxygen atoms in total. The molecule has 0 radical (unpaired) electrons. The number of hydrazine groups is 1. The van der Waals surface area contributed by atoms with Gasteiger partial charge in [0.2, 0.25) is 11.8 Å². The molecule has 5 N–H and O–H groups in total. The largest absolute Gasteiger partial charge is 0.508 e. The monoisotopic (exact) mass is 546 g/mol. The third-order valence-corrected chi connectivity index (χ3v) is 6.89. The van der Waals surface area contributed by atoms with E-state index in [-0.39, 0.29) is 36.6 Å². The Morgan fingerprint density at radius 1 is 1.21 bits per heavy atom. The van der Waals surface area contributed by atoms with Gasteiger partial charge in [0.15, 0.2) is 0 Å². The van der Waals surface area contributed by atoms with Gasteiger partial charge in [0.1, 0.15) is 23.9 Å². The first kappa shape index (κ1) is 31.8. The Morgan fingerprint density at radius 2 is 1.92 bits per heavy atom. The summed E-state index contributed by atoms with van der Waals surface area (Å²) in [5.41, 5.74) is 3.33. The summed E-state index contributed by atoms with van der Waals surface area (Å²) in [6.07, 6.45) is 3.59. The van der Waals surface area contributed by atoms with Gasteiger partial charge in [-0.3, -0.25) is 24.2 Å². The normalized spacial score (nSPS) is 18.5. The van der Waals surface area contributed by atoms with E-state index in [0.29, 0.717) is 31.2 Å². The SMILES string of the molecule is C=CCC[C@@H](OC)[C@@H](C)C(=O)NC(C(=O)NC(Cc1cccc(O)c1)C(=O)N1CCCC(C(=O)O)N1)C(C)C. The molecule has 0 saturated carbocycles. The van der Waals surface area contributed by atoms with E-state index in [0.717, 1.165) is 0 Å². The highest BCUT2D eigenvalue weighted by Gasteiger charge is 2.35. The van der Waals surface area contributed by atoms with Crippen molar-refractivity contribution in [3.05, 3.63) is 42.5 Å². The Morgan fingerprint density at radius 3 is 2.51 bits per heavy atom. The van der Waals surface area contributed by atoms with Gasteiger partial charge in [-0.1, -0.05) is 39.0 Å². The van der Waals surface area contributed by atoms with Crippen molar-refractivity contribution in [1.29, 1.82) is 0 Å². The van der Waals surface area contributed by atoms with Crippen LogP contribution in [0.1, 0.15) is 52.0 Å². The van der Waals surface area contributed by atoms with Crippen LogP contribution >= 0.6 is 0 Å². The van der Waals surface area contributed by atoms with Crippen molar-refractivity contribution in [3.63, 3.8) is 0 Å². The fourth-order valence-electron chi connectivity index (χ4n) is 4.53. The van der Waals surface area contributed by atoms with E-state index in [1.165, 1.54) is 24.3 Å². The first-order valence-corrected chi connectivity index (χ1v) is 13.3. The van der Waals surface area contributed by atoms with E-state index >= 15 is 0 Å². The van der Waals surface area contributed by atoms with Crippen LogP contribution in [0.15, 0.2) is 36.9 Å². The summed E-state index contributed by atoms with van der Waals surface area (Å²) in [5, 5.41) is 26.1. The average Bonchev–Trinajstić information content (AvgIpc) is 2.90. The lowest BCUT2D eigenvalue weighted by Gasteiger charge is -2.35. The van der Waals surface area contributed by atoms with Crippen LogP contribution in [0.25, 0.3) is 0 Å². The lowest BCUT2D eigenvalue weighted by atomic mass is 9.96. The standard InChI is InChI=1S/C28H42N4O7/c1-6-7-13-23(39-5)18(4)25(34)30-24(17(2)3)26(35)29-22(16-19-10-8-11-20(33)15-19)27(36)32-14-9-12-21(31-32)28(37)38/h6,8,10-11,15,17-18,21-24,31,33H,1,7,9,12-14,16H2,2-5H3,(H,29,35)(H,30,34)(H,37,38)/t18-,21?,22?,23-,24?/m1/s1. The molecule has 1 aromatic rings. The number of phenolic OH excluding ortho intramolecular Hbond substituents is 1. The maximum atomic E-state index is 13.5. The second kappa shape index (κ2) is 15.2. The minimum absolute atomic E-state index is 0.0116. The minimum Gasteiger partial charge on any atom is -0.508 e. The number of nitrogens with zero attached hydrogens (tertiary/aromatic N) is 1. The van der Waals surface area contributed by atoms with Crippen LogP contribution in [0, 0.1) is 11.8 Å². The molecule has 1 heterocycles. The summed E-state index contributed by atoms with van der Waals surface area (Å²) >= 11 is 0. The molecule has 0 aromatic heterocycles. The zero-order valence-electron chi connectivity index (χ0n) is 23.2. The van der Waals surface area contributed by atoms with Gasteiger partial charge in [0.05, 0.1) is 12.0 Å². The number of benzene rings is 1. The van der Waals surface area contributed by atoms with Crippen molar-refractivity contribution in [3.8, 4) is 5.75 Å². The molecule has 11 heteroatoms. The van der Waals surface area contributed by atoms with Gasteiger partial charge >= 0.3 is 5.97 Å². The average molecular weight is 547 g/mol. The highest BCUT2D eigenvalue weighted by molar-refractivity contribution is 5.93. The summed E-state index contributed by atoms with van der Waals surface area (Å²) < 4.78 is 5.47. The Labute approximate surface area is 229 Å². The van der Waals surface area contributed by atoms with Crippen molar-refractivity contribution >= 4 is 23.7 Å². The third kappa shape index (κ3) is 9.36. The summed E-state index contributed by atoms with van der Waals surface area (Å²) in [4.78, 5) is 51.6. The number of aromatic hydroxyl groups is 1. The topological polar surface area (TPSA) is 157 Å². The number of allylic oxidation sites excluding steroid dienone is 1. The van der Waals surface area contributed by atoms with Gasteiger partial charge in [-0.25, -0.2) is 5.43 Å². The van der Waals surface area contributed by atoms with E-state index in [9.17, 15) is 29.4 Å². The number of phenols is 1. The van der Waals surface area contributed by atoms with Crippen LogP contribution in [-0.4, -0.2) is 76.8 Å². The first-order chi connectivity index (χ1) is 18.5. The smallest absolute Gasteiger partial charge is 0.322 e. The Hall–Kier alpha value is -3.44. The molecule has 39 heavy (non-hydrogen) atoms. The number of methoxy groups -OCH3 is 1. The molecule has 3 amide bonds. The van der Waals surface area contributed by atoms with E-state index in [4.69, 9.17) is 4.74 Å². The van der Waals surface area contributed by atoms with Crippen LogP contribution < -0.4 is 16.1 Å². The Bertz CT molecular complexity index is 1020. The lowest BCUT2D eigenvalue weighted by Crippen LogP contribution is -2.62. The molecule has 216 valence electrons. The fourth-order valence-corrected chi connectivity index (χ4v) is 4.53. The number of aliphatic carboxylic acids is 1. The van der Waals surface area contributed by atoms with Crippen molar-refractivity contribution in [1.82, 2.24) is 21.1 Å². The number of carbonyl (C=O) groups excluding carboxylic acids is 3. The first-order valence-electron chi connectivity index (χ1n) is 13.3. The second-order valence-electron chi connectivity index (χ2n) is 10.2. The number of carboxylic acids is 1. The van der Waals surface area contributed by atoms with Gasteiger partial charge in [-0.2, -0.15) is 0 Å². The maximum absolute atomic E-state index is 13.5. The van der Waals surface area contributed by atoms with Gasteiger partial charge in [0.25, 0.3) is 5.91 Å². The maximum Gasteiger partial charge on any atom is 0.322 e. The van der Waals surface area contributed by atoms with Gasteiger partial charge < -0.3 is 25.6 Å². The Balaban J connectivity index is 2.24. The second-order valence-corrected chi connectivity index (χ2v) is 10.2. The number of ether oxygens (including phenoxy) is 1. The molecule has 0 spiro atoms. The molecule has 1 aromatic carbocycles. The highest BCUT2D eigenvalue weighted by atomic mass is 16.5. The van der Waals surface area contributed by atoms with Crippen molar-refractivity contribution in [2.45, 2.75) is 77.1 Å². The molecule has 1 saturated heterocycles. The Kier molecular flexibility index (Phi) is 12.4. The summed E-state index contributed by atoms with van der Waals surface area (Å²) in [6.45, 7) is 9.29. The zero-order valence-corrected chi connectivity index (χ0v) is 23.2. The molecule has 1 aliphatic rings. The summed E-state index contributed by atoms with van der Waals surface area (Å²) in [6, 6.07) is 3.41. The molecular formula is C28H42N4O7. The lowest BCUT2D eigenvalue weighted by molar-refractivity contribution is -0.148. The zero-order chi connectivity index (χ0) is 29.1. The molecule has 3 unspecified atom stereocenters. The van der Waals surface area contributed by atoms with Gasteiger partial charge in [-0.15, -0.1) is 6.58 Å². The molecular weight excluding hydrogens is 504 g/mol. The summed E-state index contributed by atoms with van der Waals surface area (Å²) in [5.74, 6) is -3.29. The van der Waals surface area contributed by atoms with E-state index in [1.54, 1.807) is 39.0 Å². The van der Waals surface area contributed by atoms with E-state index in [1.807, 2.05) is 0 Å². The number of carboxylic acid groups (broad SMARTS) is 1. The van der Waals surface area contributed by atoms with Crippen LogP contribution in [0.4, 0.5) is 0 Å². The predicted octanol–water partition coefficient (Wildman–Crippen LogP) is 1.76. The fraction of sp³-hybridized carbons (Fsp3) is 0.571. The van der Waals surface area contributed by atoms with E-state index in [2.05, 4.69) is 22.6 Å². The molecule has 1 fully saturated rings. The van der Waals surface area contributed by atoms with E-state index < -0.39 is 41.8 Å². The molecule has 1 aliphatic heterocycles. The quantitative estimate of drug-likeness (QED) is 0.221. The number of amides is 3. The van der Waals surface area contributed by atoms with Gasteiger partial charge in [-0.05, 0) is 49.3 Å². The van der Waals surface area contributed by atoms with Crippen molar-refractivity contribution < 1.29 is 34.1 Å². The number of nitrogens with one attached hydrogen (secondary N) is 3. The number of hydrogen-bond donors (Lipinski definition) is 5. The van der Waals surface area contributed by atoms with Crippen LogP contribution in [0.2, 0.25) is 0 Å². The summed E-state index contributed by atoms with van der Waals surface area (Å²) in [7, 11) is 1.53.